The molecule has 3 nitrogen and oxygen atoms in total. The van der Waals surface area contributed by atoms with E-state index in [4.69, 9.17) is 0 Å². The highest BCUT2D eigenvalue weighted by atomic mass is 79.9. The molecular weight excluding hydrogens is 290 g/mol. The minimum absolute atomic E-state index is 0.644. The van der Waals surface area contributed by atoms with Crippen molar-refractivity contribution in [2.75, 3.05) is 45.2 Å². The van der Waals surface area contributed by atoms with Crippen molar-refractivity contribution in [1.82, 2.24) is 10.2 Å². The van der Waals surface area contributed by atoms with E-state index < -0.39 is 0 Å². The molecule has 0 saturated carbocycles. The molecule has 2 rings (SSSR count). The van der Waals surface area contributed by atoms with Crippen LogP contribution in [0.4, 0.5) is 5.69 Å². The lowest BCUT2D eigenvalue weighted by Crippen LogP contribution is -2.52. The largest absolute Gasteiger partial charge is 0.369 e. The van der Waals surface area contributed by atoms with Gasteiger partial charge in [-0.1, -0.05) is 22.0 Å². The summed E-state index contributed by atoms with van der Waals surface area (Å²) in [6.07, 6.45) is 1.21. The monoisotopic (exact) mass is 311 g/mol. The second-order valence-corrected chi connectivity index (χ2v) is 5.87. The second-order valence-electron chi connectivity index (χ2n) is 4.95. The molecular formula is C14H22BrN3. The minimum atomic E-state index is 0.644. The lowest BCUT2D eigenvalue weighted by molar-refractivity contribution is 0.208. The van der Waals surface area contributed by atoms with E-state index in [1.165, 1.54) is 12.1 Å². The van der Waals surface area contributed by atoms with Crippen molar-refractivity contribution in [2.45, 2.75) is 12.5 Å². The van der Waals surface area contributed by atoms with Crippen molar-refractivity contribution in [2.24, 2.45) is 0 Å². The van der Waals surface area contributed by atoms with Gasteiger partial charge >= 0.3 is 0 Å². The van der Waals surface area contributed by atoms with Crippen LogP contribution in [0.1, 0.15) is 6.42 Å². The van der Waals surface area contributed by atoms with E-state index in [0.29, 0.717) is 6.04 Å². The lowest BCUT2D eigenvalue weighted by Gasteiger charge is -2.40. The molecule has 1 aliphatic rings. The Morgan fingerprint density at radius 1 is 1.39 bits per heavy atom. The normalized spacial score (nSPS) is 21.3. The van der Waals surface area contributed by atoms with Crippen LogP contribution in [0, 0.1) is 0 Å². The Labute approximate surface area is 118 Å². The molecule has 0 spiro atoms. The Balaban J connectivity index is 2.02. The fourth-order valence-corrected chi connectivity index (χ4v) is 2.86. The average Bonchev–Trinajstić information content (AvgIpc) is 2.38. The van der Waals surface area contributed by atoms with Crippen molar-refractivity contribution in [3.63, 3.8) is 0 Å². The predicted molar refractivity (Wildman–Crippen MR) is 81.3 cm³/mol. The van der Waals surface area contributed by atoms with Gasteiger partial charge in [-0.25, -0.2) is 0 Å². The Morgan fingerprint density at radius 2 is 2.22 bits per heavy atom. The molecule has 0 amide bonds. The molecule has 4 heteroatoms. The third-order valence-corrected chi connectivity index (χ3v) is 4.17. The first-order valence-electron chi connectivity index (χ1n) is 6.56. The first kappa shape index (κ1) is 13.8. The summed E-state index contributed by atoms with van der Waals surface area (Å²) in [7, 11) is 4.26. The van der Waals surface area contributed by atoms with Crippen LogP contribution in [-0.4, -0.2) is 51.2 Å². The van der Waals surface area contributed by atoms with Gasteiger partial charge < -0.3 is 10.2 Å². The molecule has 0 bridgehead atoms. The van der Waals surface area contributed by atoms with E-state index in [-0.39, 0.29) is 0 Å². The number of halogens is 1. The topological polar surface area (TPSA) is 18.5 Å². The summed E-state index contributed by atoms with van der Waals surface area (Å²) < 4.78 is 1.16. The highest BCUT2D eigenvalue weighted by Crippen LogP contribution is 2.23. The van der Waals surface area contributed by atoms with Crippen molar-refractivity contribution in [3.8, 4) is 0 Å². The zero-order valence-electron chi connectivity index (χ0n) is 11.2. The Bertz CT molecular complexity index is 383. The summed E-state index contributed by atoms with van der Waals surface area (Å²) in [5, 5.41) is 3.25. The first-order chi connectivity index (χ1) is 8.70. The van der Waals surface area contributed by atoms with Gasteiger partial charge in [-0.05, 0) is 45.3 Å². The average molecular weight is 312 g/mol. The van der Waals surface area contributed by atoms with Crippen LogP contribution in [-0.2, 0) is 0 Å². The highest BCUT2D eigenvalue weighted by Gasteiger charge is 2.23. The molecule has 0 aliphatic carbocycles. The third-order valence-electron chi connectivity index (χ3n) is 3.68. The molecule has 1 heterocycles. The van der Waals surface area contributed by atoms with Gasteiger partial charge in [0.2, 0.25) is 0 Å². The summed E-state index contributed by atoms with van der Waals surface area (Å²) in [5.74, 6) is 0. The van der Waals surface area contributed by atoms with Crippen LogP contribution in [0.15, 0.2) is 28.7 Å². The van der Waals surface area contributed by atoms with E-state index >= 15 is 0 Å². The Morgan fingerprint density at radius 3 is 2.94 bits per heavy atom. The van der Waals surface area contributed by atoms with Gasteiger partial charge in [-0.15, -0.1) is 0 Å². The molecule has 1 atom stereocenters. The molecule has 1 saturated heterocycles. The molecule has 100 valence electrons. The van der Waals surface area contributed by atoms with Gasteiger partial charge in [-0.2, -0.15) is 0 Å². The van der Waals surface area contributed by atoms with Crippen molar-refractivity contribution in [1.29, 1.82) is 0 Å². The van der Waals surface area contributed by atoms with Gasteiger partial charge in [0.25, 0.3) is 0 Å². The summed E-state index contributed by atoms with van der Waals surface area (Å²) >= 11 is 3.55. The Hall–Kier alpha value is -0.580. The fourth-order valence-electron chi connectivity index (χ4n) is 2.48. The summed E-state index contributed by atoms with van der Waals surface area (Å²) in [4.78, 5) is 4.97. The third kappa shape index (κ3) is 3.46. The molecule has 1 fully saturated rings. The second kappa shape index (κ2) is 6.55. The molecule has 1 N–H and O–H groups in total. The first-order valence-corrected chi connectivity index (χ1v) is 7.35. The van der Waals surface area contributed by atoms with Gasteiger partial charge in [0, 0.05) is 35.8 Å². The molecule has 1 aromatic carbocycles. The Kier molecular flexibility index (Phi) is 5.03. The number of nitrogens with one attached hydrogen (secondary N) is 1. The lowest BCUT2D eigenvalue weighted by atomic mass is 10.1. The standard InChI is InChI=1S/C14H22BrN3/c1-16-7-6-14-11-18(9-8-17(14)2)13-5-3-4-12(15)10-13/h3-5,10,14,16H,6-9,11H2,1-2H3. The number of nitrogens with zero attached hydrogens (tertiary/aromatic N) is 2. The smallest absolute Gasteiger partial charge is 0.0378 e. The van der Waals surface area contributed by atoms with Crippen LogP contribution in [0.25, 0.3) is 0 Å². The van der Waals surface area contributed by atoms with E-state index in [2.05, 4.69) is 62.4 Å². The summed E-state index contributed by atoms with van der Waals surface area (Å²) in [6.45, 7) is 4.46. The number of likely N-dealkylation sites (N-methyl/N-ethyl adjacent to an activating group) is 1. The molecule has 18 heavy (non-hydrogen) atoms. The number of piperazine rings is 1. The molecule has 1 unspecified atom stereocenters. The molecule has 0 aromatic heterocycles. The number of hydrogen-bond acceptors (Lipinski definition) is 3. The van der Waals surface area contributed by atoms with Crippen LogP contribution < -0.4 is 10.2 Å². The fraction of sp³-hybridized carbons (Fsp3) is 0.571. The summed E-state index contributed by atoms with van der Waals surface area (Å²) in [6, 6.07) is 9.24. The van der Waals surface area contributed by atoms with E-state index in [9.17, 15) is 0 Å². The maximum absolute atomic E-state index is 3.55. The number of benzene rings is 1. The quantitative estimate of drug-likeness (QED) is 0.919. The molecule has 1 aromatic rings. The number of anilines is 1. The maximum atomic E-state index is 3.55. The highest BCUT2D eigenvalue weighted by molar-refractivity contribution is 9.10. The molecule has 1 aliphatic heterocycles. The minimum Gasteiger partial charge on any atom is -0.369 e. The zero-order chi connectivity index (χ0) is 13.0. The van der Waals surface area contributed by atoms with E-state index in [0.717, 1.165) is 30.7 Å². The van der Waals surface area contributed by atoms with Crippen molar-refractivity contribution >= 4 is 21.6 Å². The van der Waals surface area contributed by atoms with Crippen LogP contribution in [0.2, 0.25) is 0 Å². The predicted octanol–water partition coefficient (Wildman–Crippen LogP) is 2.18. The van der Waals surface area contributed by atoms with Gasteiger partial charge in [-0.3, -0.25) is 4.90 Å². The van der Waals surface area contributed by atoms with Crippen LogP contribution >= 0.6 is 15.9 Å². The van der Waals surface area contributed by atoms with Crippen molar-refractivity contribution < 1.29 is 0 Å². The van der Waals surface area contributed by atoms with E-state index in [1.807, 2.05) is 7.05 Å². The zero-order valence-corrected chi connectivity index (χ0v) is 12.8. The van der Waals surface area contributed by atoms with Gasteiger partial charge in [0.1, 0.15) is 0 Å². The van der Waals surface area contributed by atoms with E-state index in [1.54, 1.807) is 0 Å². The number of hydrogen-bond donors (Lipinski definition) is 1. The van der Waals surface area contributed by atoms with Gasteiger partial charge in [0.15, 0.2) is 0 Å². The number of rotatable bonds is 4. The molecule has 0 radical (unpaired) electrons. The SMILES string of the molecule is CNCCC1CN(c2cccc(Br)c2)CCN1C. The van der Waals surface area contributed by atoms with Crippen LogP contribution in [0.5, 0.6) is 0 Å². The van der Waals surface area contributed by atoms with Crippen LogP contribution in [0.3, 0.4) is 0 Å². The maximum Gasteiger partial charge on any atom is 0.0378 e. The van der Waals surface area contributed by atoms with Gasteiger partial charge in [0.05, 0.1) is 0 Å². The summed E-state index contributed by atoms with van der Waals surface area (Å²) in [5.41, 5.74) is 1.33. The van der Waals surface area contributed by atoms with Crippen molar-refractivity contribution in [3.05, 3.63) is 28.7 Å².